The SMILES string of the molecule is Cc1cc(Cl)ccc1C(=O)NC(CN)C(C)(C)C. The first-order chi connectivity index (χ1) is 8.25. The Hall–Kier alpha value is -1.06. The molecule has 1 amide bonds. The van der Waals surface area contributed by atoms with Gasteiger partial charge in [-0.3, -0.25) is 4.79 Å². The van der Waals surface area contributed by atoms with Gasteiger partial charge in [-0.05, 0) is 36.1 Å². The highest BCUT2D eigenvalue weighted by Crippen LogP contribution is 2.20. The van der Waals surface area contributed by atoms with Gasteiger partial charge in [0.15, 0.2) is 0 Å². The molecule has 1 atom stereocenters. The molecule has 0 heterocycles. The van der Waals surface area contributed by atoms with Crippen LogP contribution in [-0.4, -0.2) is 18.5 Å². The predicted octanol–water partition coefficient (Wildman–Crippen LogP) is 2.75. The molecule has 0 aliphatic rings. The lowest BCUT2D eigenvalue weighted by Crippen LogP contribution is -2.48. The third-order valence-electron chi connectivity index (χ3n) is 3.02. The van der Waals surface area contributed by atoms with Gasteiger partial charge in [-0.25, -0.2) is 0 Å². The number of aryl methyl sites for hydroxylation is 1. The fraction of sp³-hybridized carbons (Fsp3) is 0.500. The molecule has 0 aromatic heterocycles. The molecular formula is C14H21ClN2O. The number of carbonyl (C=O) groups is 1. The van der Waals surface area contributed by atoms with E-state index in [-0.39, 0.29) is 17.4 Å². The lowest BCUT2D eigenvalue weighted by Gasteiger charge is -2.30. The van der Waals surface area contributed by atoms with Crippen molar-refractivity contribution in [2.45, 2.75) is 33.7 Å². The molecule has 0 spiro atoms. The highest BCUT2D eigenvalue weighted by Gasteiger charge is 2.25. The van der Waals surface area contributed by atoms with Crippen molar-refractivity contribution in [3.63, 3.8) is 0 Å². The Bertz CT molecular complexity index is 438. The Labute approximate surface area is 114 Å². The number of halogens is 1. The first-order valence-corrected chi connectivity index (χ1v) is 6.40. The Morgan fingerprint density at radius 2 is 2.06 bits per heavy atom. The van der Waals surface area contributed by atoms with Crippen LogP contribution in [0, 0.1) is 12.3 Å². The third-order valence-corrected chi connectivity index (χ3v) is 3.25. The minimum Gasteiger partial charge on any atom is -0.347 e. The summed E-state index contributed by atoms with van der Waals surface area (Å²) in [4.78, 5) is 12.2. The number of amides is 1. The van der Waals surface area contributed by atoms with Crippen LogP contribution in [0.5, 0.6) is 0 Å². The summed E-state index contributed by atoms with van der Waals surface area (Å²) in [5, 5.41) is 3.61. The van der Waals surface area contributed by atoms with Gasteiger partial charge in [0.1, 0.15) is 0 Å². The van der Waals surface area contributed by atoms with Crippen LogP contribution < -0.4 is 11.1 Å². The zero-order chi connectivity index (χ0) is 13.9. The molecular weight excluding hydrogens is 248 g/mol. The first kappa shape index (κ1) is 15.0. The van der Waals surface area contributed by atoms with E-state index in [0.717, 1.165) is 5.56 Å². The van der Waals surface area contributed by atoms with Crippen LogP contribution >= 0.6 is 11.6 Å². The number of nitrogens with one attached hydrogen (secondary N) is 1. The van der Waals surface area contributed by atoms with E-state index in [9.17, 15) is 4.79 Å². The summed E-state index contributed by atoms with van der Waals surface area (Å²) < 4.78 is 0. The first-order valence-electron chi connectivity index (χ1n) is 6.02. The van der Waals surface area contributed by atoms with Crippen molar-refractivity contribution in [2.24, 2.45) is 11.1 Å². The molecule has 0 fully saturated rings. The summed E-state index contributed by atoms with van der Waals surface area (Å²) in [6.45, 7) is 8.45. The topological polar surface area (TPSA) is 55.1 Å². The minimum atomic E-state index is -0.102. The number of carbonyl (C=O) groups excluding carboxylic acids is 1. The Kier molecular flexibility index (Phi) is 4.77. The molecule has 1 aromatic carbocycles. The van der Waals surface area contributed by atoms with E-state index >= 15 is 0 Å². The number of rotatable bonds is 3. The second-order valence-corrected chi connectivity index (χ2v) is 6.02. The third kappa shape index (κ3) is 3.72. The number of benzene rings is 1. The van der Waals surface area contributed by atoms with Gasteiger partial charge in [0.05, 0.1) is 0 Å². The highest BCUT2D eigenvalue weighted by atomic mass is 35.5. The lowest BCUT2D eigenvalue weighted by atomic mass is 9.86. The van der Waals surface area contributed by atoms with Gasteiger partial charge in [-0.1, -0.05) is 32.4 Å². The molecule has 0 radical (unpaired) electrons. The van der Waals surface area contributed by atoms with Crippen LogP contribution in [0.2, 0.25) is 5.02 Å². The van der Waals surface area contributed by atoms with Crippen LogP contribution in [-0.2, 0) is 0 Å². The minimum absolute atomic E-state index is 0.0555. The van der Waals surface area contributed by atoms with E-state index in [1.165, 1.54) is 0 Å². The van der Waals surface area contributed by atoms with Gasteiger partial charge in [-0.15, -0.1) is 0 Å². The summed E-state index contributed by atoms with van der Waals surface area (Å²) in [6, 6.07) is 5.19. The maximum atomic E-state index is 12.2. The number of hydrogen-bond acceptors (Lipinski definition) is 2. The van der Waals surface area contributed by atoms with Crippen LogP contribution in [0.15, 0.2) is 18.2 Å². The normalized spacial score (nSPS) is 13.2. The molecule has 3 nitrogen and oxygen atoms in total. The van der Waals surface area contributed by atoms with E-state index in [2.05, 4.69) is 26.1 Å². The van der Waals surface area contributed by atoms with Crippen LogP contribution in [0.4, 0.5) is 0 Å². The quantitative estimate of drug-likeness (QED) is 0.886. The molecule has 0 saturated carbocycles. The van der Waals surface area contributed by atoms with Crippen molar-refractivity contribution in [3.8, 4) is 0 Å². The molecule has 3 N–H and O–H groups in total. The van der Waals surface area contributed by atoms with Crippen molar-refractivity contribution in [1.29, 1.82) is 0 Å². The molecule has 18 heavy (non-hydrogen) atoms. The Morgan fingerprint density at radius 1 is 1.44 bits per heavy atom. The number of hydrogen-bond donors (Lipinski definition) is 2. The summed E-state index contributed by atoms with van der Waals surface area (Å²) in [7, 11) is 0. The Balaban J connectivity index is 2.88. The van der Waals surface area contributed by atoms with E-state index in [0.29, 0.717) is 17.1 Å². The standard InChI is InChI=1S/C14H21ClN2O/c1-9-7-10(15)5-6-11(9)13(18)17-12(8-16)14(2,3)4/h5-7,12H,8,16H2,1-4H3,(H,17,18). The van der Waals surface area contributed by atoms with Crippen molar-refractivity contribution >= 4 is 17.5 Å². The smallest absolute Gasteiger partial charge is 0.251 e. The maximum Gasteiger partial charge on any atom is 0.251 e. The fourth-order valence-electron chi connectivity index (χ4n) is 1.75. The zero-order valence-corrected chi connectivity index (χ0v) is 12.1. The maximum absolute atomic E-state index is 12.2. The summed E-state index contributed by atoms with van der Waals surface area (Å²) in [6.07, 6.45) is 0. The largest absolute Gasteiger partial charge is 0.347 e. The Morgan fingerprint density at radius 3 is 2.50 bits per heavy atom. The van der Waals surface area contributed by atoms with Gasteiger partial charge < -0.3 is 11.1 Å². The molecule has 0 bridgehead atoms. The molecule has 100 valence electrons. The molecule has 0 aliphatic heterocycles. The summed E-state index contributed by atoms with van der Waals surface area (Å²) >= 11 is 5.88. The molecule has 0 aliphatic carbocycles. The van der Waals surface area contributed by atoms with Gasteiger partial charge in [0, 0.05) is 23.2 Å². The van der Waals surface area contributed by atoms with E-state index in [4.69, 9.17) is 17.3 Å². The van der Waals surface area contributed by atoms with Gasteiger partial charge in [0.2, 0.25) is 0 Å². The monoisotopic (exact) mass is 268 g/mol. The van der Waals surface area contributed by atoms with Crippen molar-refractivity contribution in [3.05, 3.63) is 34.3 Å². The van der Waals surface area contributed by atoms with Gasteiger partial charge >= 0.3 is 0 Å². The predicted molar refractivity (Wildman–Crippen MR) is 76.0 cm³/mol. The van der Waals surface area contributed by atoms with Crippen molar-refractivity contribution < 1.29 is 4.79 Å². The molecule has 1 unspecified atom stereocenters. The molecule has 1 aromatic rings. The number of nitrogens with two attached hydrogens (primary N) is 1. The van der Waals surface area contributed by atoms with Gasteiger partial charge in [-0.2, -0.15) is 0 Å². The average Bonchev–Trinajstić information content (AvgIpc) is 2.23. The molecule has 0 saturated heterocycles. The molecule has 1 rings (SSSR count). The fourth-order valence-corrected chi connectivity index (χ4v) is 1.97. The highest BCUT2D eigenvalue weighted by molar-refractivity contribution is 6.30. The van der Waals surface area contributed by atoms with Crippen LogP contribution in [0.3, 0.4) is 0 Å². The second kappa shape index (κ2) is 5.72. The zero-order valence-electron chi connectivity index (χ0n) is 11.4. The lowest BCUT2D eigenvalue weighted by molar-refractivity contribution is 0.0905. The van der Waals surface area contributed by atoms with Crippen molar-refractivity contribution in [2.75, 3.05) is 6.54 Å². The summed E-state index contributed by atoms with van der Waals surface area (Å²) in [5.74, 6) is -0.102. The molecule has 4 heteroatoms. The second-order valence-electron chi connectivity index (χ2n) is 5.59. The average molecular weight is 269 g/mol. The summed E-state index contributed by atoms with van der Waals surface area (Å²) in [5.41, 5.74) is 7.15. The van der Waals surface area contributed by atoms with Gasteiger partial charge in [0.25, 0.3) is 5.91 Å². The van der Waals surface area contributed by atoms with Crippen LogP contribution in [0.1, 0.15) is 36.7 Å². The van der Waals surface area contributed by atoms with Crippen molar-refractivity contribution in [1.82, 2.24) is 5.32 Å². The van der Waals surface area contributed by atoms with E-state index in [1.807, 2.05) is 6.92 Å². The van der Waals surface area contributed by atoms with Crippen LogP contribution in [0.25, 0.3) is 0 Å². The van der Waals surface area contributed by atoms with E-state index in [1.54, 1.807) is 18.2 Å². The van der Waals surface area contributed by atoms with E-state index < -0.39 is 0 Å².